The first-order valence-corrected chi connectivity index (χ1v) is 6.54. The van der Waals surface area contributed by atoms with Crippen LogP contribution in [0.2, 0.25) is 0 Å². The zero-order chi connectivity index (χ0) is 13.3. The van der Waals surface area contributed by atoms with Crippen LogP contribution in [0.3, 0.4) is 0 Å². The van der Waals surface area contributed by atoms with Crippen molar-refractivity contribution in [3.8, 4) is 5.69 Å². The lowest BCUT2D eigenvalue weighted by Crippen LogP contribution is -2.14. The summed E-state index contributed by atoms with van der Waals surface area (Å²) in [6.45, 7) is 5.93. The van der Waals surface area contributed by atoms with Gasteiger partial charge in [0.05, 0.1) is 11.4 Å². The van der Waals surface area contributed by atoms with E-state index in [1.807, 2.05) is 33.0 Å². The Morgan fingerprint density at radius 2 is 2.11 bits per heavy atom. The number of rotatable bonds is 3. The van der Waals surface area contributed by atoms with E-state index in [4.69, 9.17) is 0 Å². The van der Waals surface area contributed by atoms with Crippen LogP contribution < -0.4 is 5.32 Å². The lowest BCUT2D eigenvalue weighted by atomic mass is 10.3. The molecule has 0 saturated heterocycles. The fraction of sp³-hybridized carbons (Fsp3) is 0.308. The maximum atomic E-state index is 14.0. The second-order valence-electron chi connectivity index (χ2n) is 4.47. The quantitative estimate of drug-likeness (QED) is 0.931. The Morgan fingerprint density at radius 1 is 1.39 bits per heavy atom. The number of hydrogen-bond acceptors (Lipinski definition) is 2. The van der Waals surface area contributed by atoms with E-state index in [1.165, 1.54) is 6.07 Å². The highest BCUT2D eigenvalue weighted by Gasteiger charge is 2.12. The molecule has 96 valence electrons. The van der Waals surface area contributed by atoms with Crippen LogP contribution in [0.25, 0.3) is 5.69 Å². The van der Waals surface area contributed by atoms with Gasteiger partial charge < -0.3 is 5.32 Å². The topological polar surface area (TPSA) is 29.9 Å². The molecule has 0 radical (unpaired) electrons. The summed E-state index contributed by atoms with van der Waals surface area (Å²) in [5, 5.41) is 3.21. The van der Waals surface area contributed by atoms with Crippen molar-refractivity contribution < 1.29 is 4.39 Å². The summed E-state index contributed by atoms with van der Waals surface area (Å²) in [6.07, 6.45) is 1.82. The number of nitrogens with one attached hydrogen (secondary N) is 1. The minimum absolute atomic E-state index is 0.240. The molecule has 0 fully saturated rings. The maximum absolute atomic E-state index is 14.0. The minimum atomic E-state index is -0.284. The van der Waals surface area contributed by atoms with Gasteiger partial charge in [-0.25, -0.2) is 9.37 Å². The van der Waals surface area contributed by atoms with Gasteiger partial charge in [0.15, 0.2) is 0 Å². The summed E-state index contributed by atoms with van der Waals surface area (Å²) in [4.78, 5) is 4.36. The highest BCUT2D eigenvalue weighted by Crippen LogP contribution is 2.22. The zero-order valence-corrected chi connectivity index (χ0v) is 12.1. The van der Waals surface area contributed by atoms with E-state index >= 15 is 0 Å². The Balaban J connectivity index is 2.49. The van der Waals surface area contributed by atoms with E-state index in [-0.39, 0.29) is 11.9 Å². The first-order valence-electron chi connectivity index (χ1n) is 5.75. The van der Waals surface area contributed by atoms with Gasteiger partial charge in [-0.15, -0.1) is 0 Å². The van der Waals surface area contributed by atoms with Crippen LogP contribution in [0.5, 0.6) is 0 Å². The predicted octanol–water partition coefficient (Wildman–Crippen LogP) is 3.90. The predicted molar refractivity (Wildman–Crippen MR) is 74.7 cm³/mol. The molecule has 0 atom stereocenters. The monoisotopic (exact) mass is 311 g/mol. The Bertz CT molecular complexity index is 563. The molecular weight excluding hydrogens is 297 g/mol. The molecule has 0 aliphatic rings. The normalized spacial score (nSPS) is 11.0. The number of benzene rings is 1. The molecule has 0 amide bonds. The van der Waals surface area contributed by atoms with Crippen LogP contribution in [0, 0.1) is 12.7 Å². The van der Waals surface area contributed by atoms with E-state index in [1.54, 1.807) is 10.6 Å². The summed E-state index contributed by atoms with van der Waals surface area (Å²) < 4.78 is 16.4. The number of aromatic nitrogens is 2. The van der Waals surface area contributed by atoms with Gasteiger partial charge in [-0.3, -0.25) is 4.57 Å². The maximum Gasteiger partial charge on any atom is 0.208 e. The molecule has 0 bridgehead atoms. The molecule has 1 heterocycles. The zero-order valence-electron chi connectivity index (χ0n) is 10.5. The molecule has 0 aliphatic heterocycles. The molecule has 0 unspecified atom stereocenters. The van der Waals surface area contributed by atoms with E-state index < -0.39 is 0 Å². The second-order valence-corrected chi connectivity index (χ2v) is 5.39. The molecule has 18 heavy (non-hydrogen) atoms. The summed E-state index contributed by atoms with van der Waals surface area (Å²) in [6, 6.07) is 5.23. The summed E-state index contributed by atoms with van der Waals surface area (Å²) in [5.74, 6) is 0.373. The number of halogens is 2. The van der Waals surface area contributed by atoms with E-state index in [0.717, 1.165) is 10.2 Å². The van der Waals surface area contributed by atoms with Gasteiger partial charge in [0, 0.05) is 16.7 Å². The summed E-state index contributed by atoms with van der Waals surface area (Å²) in [5.41, 5.74) is 1.34. The van der Waals surface area contributed by atoms with Gasteiger partial charge in [-0.1, -0.05) is 15.9 Å². The van der Waals surface area contributed by atoms with Gasteiger partial charge in [-0.05, 0) is 39.0 Å². The van der Waals surface area contributed by atoms with Crippen molar-refractivity contribution in [2.24, 2.45) is 0 Å². The van der Waals surface area contributed by atoms with Crippen molar-refractivity contribution in [3.05, 3.63) is 40.4 Å². The molecule has 0 aliphatic carbocycles. The Morgan fingerprint density at radius 3 is 2.72 bits per heavy atom. The molecule has 1 aromatic carbocycles. The highest BCUT2D eigenvalue weighted by atomic mass is 79.9. The van der Waals surface area contributed by atoms with Crippen molar-refractivity contribution >= 4 is 21.9 Å². The molecule has 3 nitrogen and oxygen atoms in total. The average Bonchev–Trinajstić information content (AvgIpc) is 2.58. The average molecular weight is 312 g/mol. The van der Waals surface area contributed by atoms with Crippen molar-refractivity contribution in [3.63, 3.8) is 0 Å². The molecule has 2 aromatic rings. The molecule has 0 spiro atoms. The first-order chi connectivity index (χ1) is 8.47. The van der Waals surface area contributed by atoms with Crippen LogP contribution in [-0.4, -0.2) is 15.6 Å². The third-order valence-corrected chi connectivity index (χ3v) is 2.91. The van der Waals surface area contributed by atoms with Crippen molar-refractivity contribution in [1.82, 2.24) is 9.55 Å². The largest absolute Gasteiger partial charge is 0.353 e. The molecule has 1 N–H and O–H groups in total. The highest BCUT2D eigenvalue weighted by molar-refractivity contribution is 9.10. The summed E-state index contributed by atoms with van der Waals surface area (Å²) in [7, 11) is 0. The van der Waals surface area contributed by atoms with Crippen LogP contribution in [0.4, 0.5) is 10.3 Å². The van der Waals surface area contributed by atoms with Gasteiger partial charge in [-0.2, -0.15) is 0 Å². The molecule has 0 saturated carbocycles. The standard InChI is InChI=1S/C13H15BrFN3/c1-8(2)16-13-17-9(3)7-18(13)12-5-4-10(14)6-11(12)15/h4-8H,1-3H3,(H,16,17). The summed E-state index contributed by atoms with van der Waals surface area (Å²) >= 11 is 3.25. The van der Waals surface area contributed by atoms with E-state index in [0.29, 0.717) is 11.6 Å². The second kappa shape index (κ2) is 5.10. The van der Waals surface area contributed by atoms with E-state index in [2.05, 4.69) is 26.2 Å². The van der Waals surface area contributed by atoms with Gasteiger partial charge >= 0.3 is 0 Å². The lowest BCUT2D eigenvalue weighted by molar-refractivity contribution is 0.617. The van der Waals surface area contributed by atoms with Gasteiger partial charge in [0.2, 0.25) is 5.95 Å². The number of anilines is 1. The number of imidazole rings is 1. The van der Waals surface area contributed by atoms with Crippen molar-refractivity contribution in [2.45, 2.75) is 26.8 Å². The minimum Gasteiger partial charge on any atom is -0.353 e. The van der Waals surface area contributed by atoms with Gasteiger partial charge in [0.1, 0.15) is 5.82 Å². The lowest BCUT2D eigenvalue weighted by Gasteiger charge is -2.12. The van der Waals surface area contributed by atoms with Crippen LogP contribution in [-0.2, 0) is 0 Å². The van der Waals surface area contributed by atoms with Gasteiger partial charge in [0.25, 0.3) is 0 Å². The molecule has 1 aromatic heterocycles. The molecular formula is C13H15BrFN3. The Labute approximate surface area is 114 Å². The third-order valence-electron chi connectivity index (χ3n) is 2.41. The molecule has 2 rings (SSSR count). The third kappa shape index (κ3) is 2.72. The number of nitrogens with zero attached hydrogens (tertiary/aromatic N) is 2. The smallest absolute Gasteiger partial charge is 0.208 e. The molecule has 5 heteroatoms. The fourth-order valence-electron chi connectivity index (χ4n) is 1.72. The Hall–Kier alpha value is -1.36. The SMILES string of the molecule is Cc1cn(-c2ccc(Br)cc2F)c(NC(C)C)n1. The van der Waals surface area contributed by atoms with Crippen LogP contribution in [0.15, 0.2) is 28.9 Å². The number of hydrogen-bond donors (Lipinski definition) is 1. The van der Waals surface area contributed by atoms with E-state index in [9.17, 15) is 4.39 Å². The van der Waals surface area contributed by atoms with Crippen molar-refractivity contribution in [2.75, 3.05) is 5.32 Å². The Kier molecular flexibility index (Phi) is 3.71. The van der Waals surface area contributed by atoms with Crippen LogP contribution in [0.1, 0.15) is 19.5 Å². The number of aryl methyl sites for hydroxylation is 1. The van der Waals surface area contributed by atoms with Crippen molar-refractivity contribution in [1.29, 1.82) is 0 Å². The van der Waals surface area contributed by atoms with Crippen LogP contribution >= 0.6 is 15.9 Å². The first kappa shape index (κ1) is 13.1. The fourth-order valence-corrected chi connectivity index (χ4v) is 2.05.